The fraction of sp³-hybridized carbons (Fsp3) is 0.500. The molecule has 1 aromatic carbocycles. The normalized spacial score (nSPS) is 20.0. The van der Waals surface area contributed by atoms with Crippen molar-refractivity contribution in [3.05, 3.63) is 28.5 Å². The molecule has 1 saturated heterocycles. The second kappa shape index (κ2) is 6.52. The lowest BCUT2D eigenvalue weighted by Gasteiger charge is -2.31. The topological polar surface area (TPSA) is 80.5 Å². The van der Waals surface area contributed by atoms with Gasteiger partial charge in [0, 0.05) is 19.5 Å². The Morgan fingerprint density at radius 3 is 2.82 bits per heavy atom. The highest BCUT2D eigenvalue weighted by Crippen LogP contribution is 2.30. The van der Waals surface area contributed by atoms with Gasteiger partial charge in [-0.3, -0.25) is 4.79 Å². The number of aryl methyl sites for hydroxylation is 1. The van der Waals surface area contributed by atoms with E-state index in [0.717, 1.165) is 12.5 Å². The molecule has 0 radical (unpaired) electrons. The van der Waals surface area contributed by atoms with Gasteiger partial charge in [-0.2, -0.15) is 4.31 Å². The van der Waals surface area contributed by atoms with Gasteiger partial charge in [0.25, 0.3) is 0 Å². The molecule has 1 aromatic rings. The molecule has 1 aliphatic heterocycles. The van der Waals surface area contributed by atoms with Gasteiger partial charge in [0.1, 0.15) is 10.7 Å². The number of nitrogens with two attached hydrogens (primary N) is 1. The molecule has 1 fully saturated rings. The quantitative estimate of drug-likeness (QED) is 0.904. The van der Waals surface area contributed by atoms with Gasteiger partial charge < -0.3 is 5.73 Å². The Kier molecular flexibility index (Phi) is 5.09. The molecular formula is C14H18ClFN2O3S. The third kappa shape index (κ3) is 3.59. The molecule has 5 nitrogen and oxygen atoms in total. The van der Waals surface area contributed by atoms with Crippen LogP contribution in [-0.2, 0) is 14.8 Å². The predicted octanol–water partition coefficient (Wildman–Crippen LogP) is 2.06. The lowest BCUT2D eigenvalue weighted by Crippen LogP contribution is -2.41. The van der Waals surface area contributed by atoms with Crippen LogP contribution < -0.4 is 5.73 Å². The molecule has 1 aliphatic rings. The molecule has 0 unspecified atom stereocenters. The standard InChI is InChI=1S/C14H18ClFN2O3S/c1-9-5-13(11(15)7-12(9)16)22(20,21)18-4-2-3-10(8-18)6-14(17)19/h5,7,10H,2-4,6,8H2,1H3,(H2,17,19)/t10-/m1/s1. The minimum Gasteiger partial charge on any atom is -0.370 e. The summed E-state index contributed by atoms with van der Waals surface area (Å²) in [5, 5.41) is -0.139. The lowest BCUT2D eigenvalue weighted by atomic mass is 9.96. The molecule has 2 N–H and O–H groups in total. The highest BCUT2D eigenvalue weighted by atomic mass is 35.5. The Morgan fingerprint density at radius 2 is 2.18 bits per heavy atom. The van der Waals surface area contributed by atoms with E-state index in [1.165, 1.54) is 17.3 Å². The number of piperidine rings is 1. The summed E-state index contributed by atoms with van der Waals surface area (Å²) in [7, 11) is -3.82. The molecule has 0 bridgehead atoms. The van der Waals surface area contributed by atoms with Crippen molar-refractivity contribution < 1.29 is 17.6 Å². The summed E-state index contributed by atoms with van der Waals surface area (Å²) in [5.41, 5.74) is 5.40. The smallest absolute Gasteiger partial charge is 0.244 e. The van der Waals surface area contributed by atoms with Crippen molar-refractivity contribution >= 4 is 27.5 Å². The van der Waals surface area contributed by atoms with E-state index in [1.807, 2.05) is 0 Å². The van der Waals surface area contributed by atoms with Crippen molar-refractivity contribution in [2.24, 2.45) is 11.7 Å². The van der Waals surface area contributed by atoms with Crippen molar-refractivity contribution in [1.29, 1.82) is 0 Å². The Bertz CT molecular complexity index is 694. The van der Waals surface area contributed by atoms with Crippen molar-refractivity contribution in [2.75, 3.05) is 13.1 Å². The van der Waals surface area contributed by atoms with E-state index in [4.69, 9.17) is 17.3 Å². The molecule has 122 valence electrons. The van der Waals surface area contributed by atoms with E-state index in [-0.39, 0.29) is 34.4 Å². The number of benzene rings is 1. The van der Waals surface area contributed by atoms with Gasteiger partial charge in [-0.25, -0.2) is 12.8 Å². The second-order valence-electron chi connectivity index (χ2n) is 5.57. The highest BCUT2D eigenvalue weighted by Gasteiger charge is 2.32. The van der Waals surface area contributed by atoms with E-state index in [1.54, 1.807) is 0 Å². The average molecular weight is 349 g/mol. The van der Waals surface area contributed by atoms with Gasteiger partial charge in [-0.05, 0) is 43.4 Å². The number of hydrogen-bond donors (Lipinski definition) is 1. The summed E-state index contributed by atoms with van der Waals surface area (Å²) < 4.78 is 40.2. The maximum Gasteiger partial charge on any atom is 0.244 e. The third-order valence-corrected chi connectivity index (χ3v) is 6.13. The summed E-state index contributed by atoms with van der Waals surface area (Å²) in [6, 6.07) is 2.25. The predicted molar refractivity (Wildman–Crippen MR) is 81.4 cm³/mol. The molecular weight excluding hydrogens is 331 g/mol. The number of sulfonamides is 1. The number of hydrogen-bond acceptors (Lipinski definition) is 3. The van der Waals surface area contributed by atoms with E-state index in [0.29, 0.717) is 13.0 Å². The summed E-state index contributed by atoms with van der Waals surface area (Å²) in [6.07, 6.45) is 1.56. The first-order valence-corrected chi connectivity index (χ1v) is 8.77. The first-order valence-electron chi connectivity index (χ1n) is 6.96. The van der Waals surface area contributed by atoms with Gasteiger partial charge in [0.2, 0.25) is 15.9 Å². The Balaban J connectivity index is 2.30. The van der Waals surface area contributed by atoms with Crippen LogP contribution >= 0.6 is 11.6 Å². The van der Waals surface area contributed by atoms with E-state index in [2.05, 4.69) is 0 Å². The second-order valence-corrected chi connectivity index (χ2v) is 7.89. The zero-order valence-corrected chi connectivity index (χ0v) is 13.8. The number of carbonyl (C=O) groups excluding carboxylic acids is 1. The molecule has 0 saturated carbocycles. The highest BCUT2D eigenvalue weighted by molar-refractivity contribution is 7.89. The van der Waals surface area contributed by atoms with Crippen LogP contribution in [0.3, 0.4) is 0 Å². The minimum absolute atomic E-state index is 0.0960. The van der Waals surface area contributed by atoms with E-state index in [9.17, 15) is 17.6 Å². The zero-order chi connectivity index (χ0) is 16.5. The van der Waals surface area contributed by atoms with Crippen LogP contribution in [0.2, 0.25) is 5.02 Å². The Morgan fingerprint density at radius 1 is 1.50 bits per heavy atom. The molecule has 8 heteroatoms. The van der Waals surface area contributed by atoms with Crippen molar-refractivity contribution in [3.8, 4) is 0 Å². The van der Waals surface area contributed by atoms with Gasteiger partial charge in [-0.1, -0.05) is 11.6 Å². The van der Waals surface area contributed by atoms with Crippen LogP contribution in [0, 0.1) is 18.7 Å². The monoisotopic (exact) mass is 348 g/mol. The number of amides is 1. The molecule has 0 aromatic heterocycles. The number of halogens is 2. The first-order chi connectivity index (χ1) is 10.2. The lowest BCUT2D eigenvalue weighted by molar-refractivity contribution is -0.119. The van der Waals surface area contributed by atoms with Crippen molar-refractivity contribution in [1.82, 2.24) is 4.31 Å². The molecule has 0 aliphatic carbocycles. The summed E-state index contributed by atoms with van der Waals surface area (Å²) >= 11 is 5.91. The van der Waals surface area contributed by atoms with Crippen LogP contribution in [0.5, 0.6) is 0 Å². The molecule has 0 spiro atoms. The fourth-order valence-corrected chi connectivity index (χ4v) is 4.79. The number of carbonyl (C=O) groups is 1. The zero-order valence-electron chi connectivity index (χ0n) is 12.2. The number of primary amides is 1. The fourth-order valence-electron chi connectivity index (χ4n) is 2.66. The van der Waals surface area contributed by atoms with Gasteiger partial charge in [-0.15, -0.1) is 0 Å². The Labute approximate surface area is 134 Å². The summed E-state index contributed by atoms with van der Waals surface area (Å²) in [5.74, 6) is -1.09. The number of nitrogens with zero attached hydrogens (tertiary/aromatic N) is 1. The van der Waals surface area contributed by atoms with Crippen LogP contribution in [0.15, 0.2) is 17.0 Å². The van der Waals surface area contributed by atoms with Crippen LogP contribution in [-0.4, -0.2) is 31.7 Å². The van der Waals surface area contributed by atoms with Crippen molar-refractivity contribution in [3.63, 3.8) is 0 Å². The molecule has 22 heavy (non-hydrogen) atoms. The summed E-state index contributed by atoms with van der Waals surface area (Å²) in [4.78, 5) is 10.9. The van der Waals surface area contributed by atoms with Gasteiger partial charge in [0.05, 0.1) is 5.02 Å². The molecule has 1 atom stereocenters. The molecule has 1 amide bonds. The van der Waals surface area contributed by atoms with Crippen molar-refractivity contribution in [2.45, 2.75) is 31.1 Å². The van der Waals surface area contributed by atoms with Gasteiger partial charge >= 0.3 is 0 Å². The van der Waals surface area contributed by atoms with Crippen LogP contribution in [0.4, 0.5) is 4.39 Å². The maximum absolute atomic E-state index is 13.5. The maximum atomic E-state index is 13.5. The minimum atomic E-state index is -3.82. The van der Waals surface area contributed by atoms with Crippen LogP contribution in [0.25, 0.3) is 0 Å². The first kappa shape index (κ1) is 17.2. The molecule has 1 heterocycles. The SMILES string of the molecule is Cc1cc(S(=O)(=O)N2CCC[C@H](CC(N)=O)C2)c(Cl)cc1F. The summed E-state index contributed by atoms with van der Waals surface area (Å²) in [6.45, 7) is 2.05. The van der Waals surface area contributed by atoms with Gasteiger partial charge in [0.15, 0.2) is 0 Å². The largest absolute Gasteiger partial charge is 0.370 e. The average Bonchev–Trinajstić information content (AvgIpc) is 2.42. The number of rotatable bonds is 4. The van der Waals surface area contributed by atoms with E-state index < -0.39 is 21.7 Å². The third-order valence-electron chi connectivity index (χ3n) is 3.80. The van der Waals surface area contributed by atoms with Crippen LogP contribution in [0.1, 0.15) is 24.8 Å². The van der Waals surface area contributed by atoms with E-state index >= 15 is 0 Å². The molecule has 2 rings (SSSR count). The Hall–Kier alpha value is -1.18.